The number of phenols is 1. The number of hydrogen-bond donors (Lipinski definition) is 3. The molecule has 0 aliphatic heterocycles. The molecule has 4 heteroatoms. The first-order chi connectivity index (χ1) is 8.65. The van der Waals surface area contributed by atoms with Gasteiger partial charge in [-0.05, 0) is 37.7 Å². The van der Waals surface area contributed by atoms with Gasteiger partial charge in [-0.15, -0.1) is 0 Å². The second-order valence-corrected chi connectivity index (χ2v) is 3.76. The average molecular weight is 252 g/mol. The predicted octanol–water partition coefficient (Wildman–Crippen LogP) is 2.15. The highest BCUT2D eigenvalue weighted by atomic mass is 16.3. The van der Waals surface area contributed by atoms with Gasteiger partial charge in [0.15, 0.2) is 0 Å². The van der Waals surface area contributed by atoms with E-state index in [0.29, 0.717) is 12.1 Å². The topological polar surface area (TPSA) is 61.4 Å². The Balaban J connectivity index is 0.000000494. The highest BCUT2D eigenvalue weighted by molar-refractivity contribution is 5.94. The van der Waals surface area contributed by atoms with Crippen LogP contribution in [0.2, 0.25) is 0 Å². The number of aromatic hydroxyl groups is 1. The van der Waals surface area contributed by atoms with Crippen LogP contribution < -0.4 is 10.6 Å². The Kier molecular flexibility index (Phi) is 9.68. The van der Waals surface area contributed by atoms with E-state index in [0.717, 1.165) is 19.5 Å². The number of rotatable bonds is 5. The minimum Gasteiger partial charge on any atom is -0.508 e. The molecule has 4 nitrogen and oxygen atoms in total. The van der Waals surface area contributed by atoms with Crippen molar-refractivity contribution >= 4 is 5.91 Å². The van der Waals surface area contributed by atoms with Gasteiger partial charge >= 0.3 is 0 Å². The molecule has 1 aromatic rings. The Morgan fingerprint density at radius 1 is 1.22 bits per heavy atom. The third-order valence-corrected chi connectivity index (χ3v) is 2.14. The summed E-state index contributed by atoms with van der Waals surface area (Å²) in [5, 5.41) is 14.9. The molecular weight excluding hydrogens is 228 g/mol. The summed E-state index contributed by atoms with van der Waals surface area (Å²) in [6, 6.07) is 6.31. The lowest BCUT2D eigenvalue weighted by molar-refractivity contribution is 0.0953. The number of carbonyl (C=O) groups excluding carboxylic acids is 1. The molecule has 0 saturated heterocycles. The Hall–Kier alpha value is -1.55. The minimum absolute atomic E-state index is 0.115. The van der Waals surface area contributed by atoms with Crippen molar-refractivity contribution in [2.24, 2.45) is 0 Å². The fourth-order valence-corrected chi connectivity index (χ4v) is 1.24. The second kappa shape index (κ2) is 10.6. The molecule has 0 fully saturated rings. The third kappa shape index (κ3) is 7.68. The van der Waals surface area contributed by atoms with Crippen molar-refractivity contribution in [3.63, 3.8) is 0 Å². The van der Waals surface area contributed by atoms with E-state index in [-0.39, 0.29) is 11.7 Å². The molecule has 1 amide bonds. The molecule has 0 bridgehead atoms. The van der Waals surface area contributed by atoms with Crippen LogP contribution in [0.3, 0.4) is 0 Å². The number of amides is 1. The van der Waals surface area contributed by atoms with E-state index >= 15 is 0 Å². The van der Waals surface area contributed by atoms with E-state index in [1.165, 1.54) is 12.1 Å². The van der Waals surface area contributed by atoms with Gasteiger partial charge in [-0.3, -0.25) is 4.79 Å². The summed E-state index contributed by atoms with van der Waals surface area (Å²) in [4.78, 5) is 11.3. The van der Waals surface area contributed by atoms with Crippen molar-refractivity contribution in [2.75, 3.05) is 19.6 Å². The minimum atomic E-state index is -0.141. The zero-order chi connectivity index (χ0) is 13.8. The maximum atomic E-state index is 11.3. The predicted molar refractivity (Wildman–Crippen MR) is 74.9 cm³/mol. The Labute approximate surface area is 109 Å². The van der Waals surface area contributed by atoms with Gasteiger partial charge in [0, 0.05) is 12.1 Å². The van der Waals surface area contributed by atoms with Crippen LogP contribution in [-0.4, -0.2) is 30.6 Å². The van der Waals surface area contributed by atoms with Crippen molar-refractivity contribution in [3.8, 4) is 5.75 Å². The lowest BCUT2D eigenvalue weighted by Gasteiger charge is -2.02. The molecule has 102 valence electrons. The van der Waals surface area contributed by atoms with E-state index in [2.05, 4.69) is 24.5 Å². The van der Waals surface area contributed by atoms with Gasteiger partial charge in [-0.2, -0.15) is 0 Å². The number of benzene rings is 1. The zero-order valence-corrected chi connectivity index (χ0v) is 11.5. The summed E-state index contributed by atoms with van der Waals surface area (Å²) >= 11 is 0. The first-order valence-electron chi connectivity index (χ1n) is 6.43. The molecule has 3 N–H and O–H groups in total. The number of phenolic OH excluding ortho intramolecular Hbond substituents is 1. The van der Waals surface area contributed by atoms with Crippen LogP contribution in [0.15, 0.2) is 24.3 Å². The van der Waals surface area contributed by atoms with Crippen LogP contribution in [0.5, 0.6) is 5.75 Å². The number of nitrogens with one attached hydrogen (secondary N) is 2. The molecular formula is C14H24N2O2. The van der Waals surface area contributed by atoms with Gasteiger partial charge in [-0.25, -0.2) is 0 Å². The van der Waals surface area contributed by atoms with E-state index in [4.69, 9.17) is 5.11 Å². The summed E-state index contributed by atoms with van der Waals surface area (Å²) in [6.45, 7) is 9.04. The zero-order valence-electron chi connectivity index (χ0n) is 11.5. The van der Waals surface area contributed by atoms with Gasteiger partial charge in [0.25, 0.3) is 5.91 Å². The molecule has 0 spiro atoms. The van der Waals surface area contributed by atoms with Crippen molar-refractivity contribution in [3.05, 3.63) is 29.8 Å². The first-order valence-corrected chi connectivity index (χ1v) is 6.43. The van der Waals surface area contributed by atoms with Gasteiger partial charge in [0.1, 0.15) is 5.75 Å². The normalized spacial score (nSPS) is 9.28. The van der Waals surface area contributed by atoms with Gasteiger partial charge < -0.3 is 15.7 Å². The van der Waals surface area contributed by atoms with Crippen LogP contribution in [0, 0.1) is 0 Å². The van der Waals surface area contributed by atoms with Crippen LogP contribution in [0.25, 0.3) is 0 Å². The average Bonchev–Trinajstić information content (AvgIpc) is 2.37. The van der Waals surface area contributed by atoms with Crippen LogP contribution in [0.4, 0.5) is 0 Å². The van der Waals surface area contributed by atoms with Gasteiger partial charge in [0.05, 0.1) is 0 Å². The molecule has 18 heavy (non-hydrogen) atoms. The maximum absolute atomic E-state index is 11.3. The van der Waals surface area contributed by atoms with Crippen molar-refractivity contribution < 1.29 is 9.90 Å². The molecule has 0 saturated carbocycles. The summed E-state index contributed by atoms with van der Waals surface area (Å²) in [6.07, 6.45) is 0.907. The second-order valence-electron chi connectivity index (χ2n) is 3.76. The van der Waals surface area contributed by atoms with Gasteiger partial charge in [-0.1, -0.05) is 26.8 Å². The summed E-state index contributed by atoms with van der Waals surface area (Å²) < 4.78 is 0. The molecule has 0 radical (unpaired) electrons. The number of hydrogen-bond acceptors (Lipinski definition) is 3. The van der Waals surface area contributed by atoms with E-state index in [1.54, 1.807) is 12.1 Å². The van der Waals surface area contributed by atoms with Crippen LogP contribution in [-0.2, 0) is 0 Å². The fourth-order valence-electron chi connectivity index (χ4n) is 1.24. The van der Waals surface area contributed by atoms with Crippen LogP contribution >= 0.6 is 0 Å². The lowest BCUT2D eigenvalue weighted by Crippen LogP contribution is -2.23. The molecule has 1 aromatic carbocycles. The monoisotopic (exact) mass is 252 g/mol. The standard InChI is InChI=1S/C10H13NO2.C4H11N/c1-2-6-11-10(13)8-4-3-5-9(12)7-8;1-3-5-4-2/h3-5,7,12H,2,6H2,1H3,(H,11,13);5H,3-4H2,1-2H3. The van der Waals surface area contributed by atoms with Crippen molar-refractivity contribution in [1.82, 2.24) is 10.6 Å². The fraction of sp³-hybridized carbons (Fsp3) is 0.500. The van der Waals surface area contributed by atoms with Crippen LogP contribution in [0.1, 0.15) is 37.6 Å². The molecule has 0 heterocycles. The molecule has 0 aliphatic rings. The summed E-state index contributed by atoms with van der Waals surface area (Å²) in [5.41, 5.74) is 0.494. The smallest absolute Gasteiger partial charge is 0.251 e. The van der Waals surface area contributed by atoms with Crippen molar-refractivity contribution in [1.29, 1.82) is 0 Å². The SMILES string of the molecule is CCCNC(=O)c1cccc(O)c1.CCNCC. The highest BCUT2D eigenvalue weighted by Gasteiger charge is 2.03. The number of carbonyl (C=O) groups is 1. The van der Waals surface area contributed by atoms with Crippen molar-refractivity contribution in [2.45, 2.75) is 27.2 Å². The third-order valence-electron chi connectivity index (χ3n) is 2.14. The lowest BCUT2D eigenvalue weighted by atomic mass is 10.2. The van der Waals surface area contributed by atoms with E-state index in [9.17, 15) is 4.79 Å². The quantitative estimate of drug-likeness (QED) is 0.752. The van der Waals surface area contributed by atoms with Gasteiger partial charge in [0.2, 0.25) is 0 Å². The highest BCUT2D eigenvalue weighted by Crippen LogP contribution is 2.10. The summed E-state index contributed by atoms with van der Waals surface area (Å²) in [5.74, 6) is -0.0260. The molecule has 0 atom stereocenters. The largest absolute Gasteiger partial charge is 0.508 e. The summed E-state index contributed by atoms with van der Waals surface area (Å²) in [7, 11) is 0. The molecule has 0 aliphatic carbocycles. The Bertz CT molecular complexity index is 338. The Morgan fingerprint density at radius 2 is 1.89 bits per heavy atom. The van der Waals surface area contributed by atoms with E-state index < -0.39 is 0 Å². The maximum Gasteiger partial charge on any atom is 0.251 e. The van der Waals surface area contributed by atoms with E-state index in [1.807, 2.05) is 6.92 Å². The Morgan fingerprint density at radius 3 is 2.33 bits per heavy atom. The molecule has 0 aromatic heterocycles. The molecule has 0 unspecified atom stereocenters. The molecule has 1 rings (SSSR count). The first kappa shape index (κ1) is 16.4.